The summed E-state index contributed by atoms with van der Waals surface area (Å²) in [7, 11) is 0. The topological polar surface area (TPSA) is 0 Å². The fourth-order valence-electron chi connectivity index (χ4n) is 1.65. The Morgan fingerprint density at radius 3 is 1.90 bits per heavy atom. The number of alkyl halides is 4. The molecule has 2 fully saturated rings. The minimum Gasteiger partial charge on any atom is -0.200 e. The summed E-state index contributed by atoms with van der Waals surface area (Å²) in [5, 5.41) is 0. The predicted molar refractivity (Wildman–Crippen MR) is 26.1 cm³/mol. The molecule has 2 aliphatic carbocycles. The van der Waals surface area contributed by atoms with Crippen molar-refractivity contribution in [1.82, 2.24) is 0 Å². The first-order chi connectivity index (χ1) is 4.45. The Morgan fingerprint density at radius 1 is 1.10 bits per heavy atom. The second-order valence-electron chi connectivity index (χ2n) is 3.13. The Balaban J connectivity index is 2.29. The zero-order valence-corrected chi connectivity index (χ0v) is 5.08. The van der Waals surface area contributed by atoms with Crippen LogP contribution in [0.25, 0.3) is 0 Å². The maximum atomic E-state index is 12.4. The van der Waals surface area contributed by atoms with Crippen molar-refractivity contribution in [2.45, 2.75) is 24.7 Å². The lowest BCUT2D eigenvalue weighted by Crippen LogP contribution is -2.37. The van der Waals surface area contributed by atoms with Crippen LogP contribution in [0.5, 0.6) is 0 Å². The molecule has 2 unspecified atom stereocenters. The highest BCUT2D eigenvalue weighted by atomic mass is 19.3. The molecule has 0 N–H and O–H groups in total. The molecular formula is C6H6F4. The van der Waals surface area contributed by atoms with Crippen LogP contribution in [0, 0.1) is 11.8 Å². The van der Waals surface area contributed by atoms with Crippen LogP contribution in [-0.4, -0.2) is 11.8 Å². The molecule has 2 atom stereocenters. The fraction of sp³-hybridized carbons (Fsp3) is 1.00. The molecule has 10 heavy (non-hydrogen) atoms. The van der Waals surface area contributed by atoms with E-state index in [0.29, 0.717) is 6.42 Å². The van der Waals surface area contributed by atoms with Gasteiger partial charge in [0.15, 0.2) is 0 Å². The van der Waals surface area contributed by atoms with E-state index >= 15 is 0 Å². The summed E-state index contributed by atoms with van der Waals surface area (Å²) < 4.78 is 49.3. The van der Waals surface area contributed by atoms with Gasteiger partial charge >= 0.3 is 11.8 Å². The third kappa shape index (κ3) is 0.527. The van der Waals surface area contributed by atoms with E-state index < -0.39 is 30.1 Å². The molecule has 0 nitrogen and oxygen atoms in total. The molecule has 0 aromatic carbocycles. The molecule has 4 heteroatoms. The van der Waals surface area contributed by atoms with Crippen LogP contribution < -0.4 is 0 Å². The van der Waals surface area contributed by atoms with E-state index in [1.54, 1.807) is 0 Å². The average molecular weight is 154 g/mol. The number of hydrogen-bond donors (Lipinski definition) is 0. The molecule has 0 spiro atoms. The van der Waals surface area contributed by atoms with Crippen molar-refractivity contribution in [3.8, 4) is 0 Å². The molecule has 0 radical (unpaired) electrons. The van der Waals surface area contributed by atoms with Gasteiger partial charge < -0.3 is 0 Å². The maximum Gasteiger partial charge on any atom is 0.313 e. The molecule has 0 saturated heterocycles. The first-order valence-electron chi connectivity index (χ1n) is 3.21. The minimum absolute atomic E-state index is 0.294. The smallest absolute Gasteiger partial charge is 0.200 e. The first kappa shape index (κ1) is 6.43. The van der Waals surface area contributed by atoms with Gasteiger partial charge in [-0.1, -0.05) is 0 Å². The molecule has 0 aromatic heterocycles. The summed E-state index contributed by atoms with van der Waals surface area (Å²) in [6.45, 7) is 0. The van der Waals surface area contributed by atoms with Crippen molar-refractivity contribution in [3.05, 3.63) is 0 Å². The summed E-state index contributed by atoms with van der Waals surface area (Å²) in [4.78, 5) is 0. The fourth-order valence-corrected chi connectivity index (χ4v) is 1.65. The van der Waals surface area contributed by atoms with Gasteiger partial charge in [-0.3, -0.25) is 0 Å². The Hall–Kier alpha value is -0.280. The Labute approximate surface area is 55.2 Å². The average Bonchev–Trinajstić information content (AvgIpc) is 2.39. The van der Waals surface area contributed by atoms with Gasteiger partial charge in [0, 0.05) is 12.3 Å². The Kier molecular flexibility index (Phi) is 0.860. The van der Waals surface area contributed by atoms with Gasteiger partial charge in [0.1, 0.15) is 0 Å². The van der Waals surface area contributed by atoms with Crippen molar-refractivity contribution in [2.24, 2.45) is 11.8 Å². The normalized spacial score (nSPS) is 46.8. The lowest BCUT2D eigenvalue weighted by atomic mass is 10.1. The van der Waals surface area contributed by atoms with Crippen LogP contribution in [0.1, 0.15) is 12.8 Å². The zero-order chi connectivity index (χ0) is 7.57. The summed E-state index contributed by atoms with van der Waals surface area (Å²) in [5.41, 5.74) is 0. The largest absolute Gasteiger partial charge is 0.313 e. The van der Waals surface area contributed by atoms with E-state index in [1.165, 1.54) is 0 Å². The molecule has 0 aliphatic heterocycles. The van der Waals surface area contributed by atoms with Crippen LogP contribution in [0.2, 0.25) is 0 Å². The molecule has 0 bridgehead atoms. The SMILES string of the molecule is FC1(F)CC2CC2C1(F)F. The lowest BCUT2D eigenvalue weighted by molar-refractivity contribution is -0.202. The lowest BCUT2D eigenvalue weighted by Gasteiger charge is -2.20. The van der Waals surface area contributed by atoms with Crippen LogP contribution >= 0.6 is 0 Å². The Morgan fingerprint density at radius 2 is 1.70 bits per heavy atom. The molecule has 0 heterocycles. The number of rotatable bonds is 0. The summed E-state index contributed by atoms with van der Waals surface area (Å²) >= 11 is 0. The van der Waals surface area contributed by atoms with E-state index in [4.69, 9.17) is 0 Å². The van der Waals surface area contributed by atoms with Crippen molar-refractivity contribution < 1.29 is 17.6 Å². The van der Waals surface area contributed by atoms with Crippen molar-refractivity contribution in [3.63, 3.8) is 0 Å². The van der Waals surface area contributed by atoms with E-state index in [0.717, 1.165) is 0 Å². The predicted octanol–water partition coefficient (Wildman–Crippen LogP) is 2.30. The second-order valence-corrected chi connectivity index (χ2v) is 3.13. The van der Waals surface area contributed by atoms with Crippen LogP contribution in [-0.2, 0) is 0 Å². The van der Waals surface area contributed by atoms with E-state index in [9.17, 15) is 17.6 Å². The highest BCUT2D eigenvalue weighted by Crippen LogP contribution is 2.66. The number of fused-ring (bicyclic) bond motifs is 1. The highest BCUT2D eigenvalue weighted by Gasteiger charge is 2.75. The Bertz CT molecular complexity index is 175. The summed E-state index contributed by atoms with van der Waals surface area (Å²) in [5.74, 6) is -8.84. The monoisotopic (exact) mass is 154 g/mol. The van der Waals surface area contributed by atoms with Gasteiger partial charge in [0.2, 0.25) is 0 Å². The van der Waals surface area contributed by atoms with Gasteiger partial charge in [-0.2, -0.15) is 17.6 Å². The third-order valence-electron chi connectivity index (χ3n) is 2.39. The second kappa shape index (κ2) is 1.34. The van der Waals surface area contributed by atoms with Gasteiger partial charge in [-0.15, -0.1) is 0 Å². The minimum atomic E-state index is -3.72. The van der Waals surface area contributed by atoms with E-state index in [1.807, 2.05) is 0 Å². The number of halogens is 4. The van der Waals surface area contributed by atoms with Crippen LogP contribution in [0.3, 0.4) is 0 Å². The van der Waals surface area contributed by atoms with Crippen LogP contribution in [0.4, 0.5) is 17.6 Å². The summed E-state index contributed by atoms with van der Waals surface area (Å²) in [6.07, 6.45) is -0.312. The van der Waals surface area contributed by atoms with Crippen LogP contribution in [0.15, 0.2) is 0 Å². The molecule has 2 aliphatic rings. The quantitative estimate of drug-likeness (QED) is 0.469. The third-order valence-corrected chi connectivity index (χ3v) is 2.39. The molecule has 58 valence electrons. The van der Waals surface area contributed by atoms with Gasteiger partial charge in [0.25, 0.3) is 0 Å². The van der Waals surface area contributed by atoms with E-state index in [-0.39, 0.29) is 0 Å². The maximum absolute atomic E-state index is 12.4. The van der Waals surface area contributed by atoms with Crippen molar-refractivity contribution in [1.29, 1.82) is 0 Å². The molecule has 2 rings (SSSR count). The standard InChI is InChI=1S/C6H6F4/c7-5(8)2-3-1-4(3)6(5,9)10/h3-4H,1-2H2. The molecule has 0 amide bonds. The summed E-state index contributed by atoms with van der Waals surface area (Å²) in [6, 6.07) is 0. The van der Waals surface area contributed by atoms with Crippen molar-refractivity contribution >= 4 is 0 Å². The number of hydrogen-bond acceptors (Lipinski definition) is 0. The van der Waals surface area contributed by atoms with Crippen molar-refractivity contribution in [2.75, 3.05) is 0 Å². The molecule has 0 aromatic rings. The highest BCUT2D eigenvalue weighted by molar-refractivity contribution is 5.11. The van der Waals surface area contributed by atoms with Gasteiger partial charge in [-0.05, 0) is 12.3 Å². The molecule has 2 saturated carbocycles. The van der Waals surface area contributed by atoms with Gasteiger partial charge in [-0.25, -0.2) is 0 Å². The molecular weight excluding hydrogens is 148 g/mol. The zero-order valence-electron chi connectivity index (χ0n) is 5.08. The van der Waals surface area contributed by atoms with Gasteiger partial charge in [0.05, 0.1) is 0 Å². The van der Waals surface area contributed by atoms with E-state index in [2.05, 4.69) is 0 Å². The first-order valence-corrected chi connectivity index (χ1v) is 3.21.